The molecule has 4 heteroatoms. The van der Waals surface area contributed by atoms with Crippen molar-refractivity contribution in [2.75, 3.05) is 0 Å². The maximum absolute atomic E-state index is 5.13. The maximum atomic E-state index is 5.13. The van der Waals surface area contributed by atoms with Gasteiger partial charge >= 0.3 is 0 Å². The van der Waals surface area contributed by atoms with Crippen LogP contribution >= 0.6 is 0 Å². The molecule has 0 unspecified atom stereocenters. The van der Waals surface area contributed by atoms with Crippen molar-refractivity contribution in [2.24, 2.45) is 0 Å². The number of benzene rings is 6. The fourth-order valence-corrected chi connectivity index (χ4v) is 7.81. The van der Waals surface area contributed by atoms with Crippen LogP contribution in [0.3, 0.4) is 0 Å². The van der Waals surface area contributed by atoms with Crippen molar-refractivity contribution in [1.82, 2.24) is 19.9 Å². The Morgan fingerprint density at radius 1 is 0.321 bits per heavy atom. The molecule has 1 aliphatic rings. The number of fused-ring (bicyclic) bond motifs is 3. The molecule has 4 nitrogen and oxygen atoms in total. The van der Waals surface area contributed by atoms with Gasteiger partial charge in [0.1, 0.15) is 0 Å². The molecule has 2 heterocycles. The molecule has 0 fully saturated rings. The first-order chi connectivity index (χ1) is 25.8. The molecule has 0 aliphatic heterocycles. The van der Waals surface area contributed by atoms with Gasteiger partial charge in [-0.1, -0.05) is 129 Å². The predicted octanol–water partition coefficient (Wildman–Crippen LogP) is 12.2. The van der Waals surface area contributed by atoms with Gasteiger partial charge in [-0.15, -0.1) is 0 Å². The fourth-order valence-electron chi connectivity index (χ4n) is 7.81. The number of pyridine rings is 1. The van der Waals surface area contributed by atoms with E-state index in [0.717, 1.165) is 61.5 Å². The lowest BCUT2D eigenvalue weighted by molar-refractivity contribution is 0.660. The Labute approximate surface area is 311 Å². The Morgan fingerprint density at radius 2 is 0.755 bits per heavy atom. The molecule has 0 saturated carbocycles. The van der Waals surface area contributed by atoms with Gasteiger partial charge in [0.15, 0.2) is 17.5 Å². The average molecular weight is 683 g/mol. The molecule has 254 valence electrons. The van der Waals surface area contributed by atoms with Crippen LogP contribution in [0.4, 0.5) is 0 Å². The molecule has 0 N–H and O–H groups in total. The van der Waals surface area contributed by atoms with E-state index in [4.69, 9.17) is 15.0 Å². The van der Waals surface area contributed by atoms with Gasteiger partial charge in [-0.2, -0.15) is 0 Å². The van der Waals surface area contributed by atoms with Crippen LogP contribution in [0.2, 0.25) is 0 Å². The molecule has 53 heavy (non-hydrogen) atoms. The van der Waals surface area contributed by atoms with Crippen molar-refractivity contribution in [3.05, 3.63) is 180 Å². The largest absolute Gasteiger partial charge is 0.258 e. The van der Waals surface area contributed by atoms with E-state index in [2.05, 4.69) is 116 Å². The summed E-state index contributed by atoms with van der Waals surface area (Å²) in [7, 11) is 0. The number of rotatable bonds is 6. The lowest BCUT2D eigenvalue weighted by Crippen LogP contribution is -2.14. The molecular weight excluding hydrogens is 645 g/mol. The van der Waals surface area contributed by atoms with Gasteiger partial charge in [0.25, 0.3) is 0 Å². The summed E-state index contributed by atoms with van der Waals surface area (Å²) in [6.07, 6.45) is 0. The maximum Gasteiger partial charge on any atom is 0.164 e. The first-order valence-electron chi connectivity index (χ1n) is 18.1. The van der Waals surface area contributed by atoms with E-state index in [0.29, 0.717) is 17.5 Å². The molecule has 0 atom stereocenters. The third-order valence-electron chi connectivity index (χ3n) is 10.4. The van der Waals surface area contributed by atoms with Gasteiger partial charge < -0.3 is 0 Å². The molecular formula is C49H38N4. The standard InChI is InChI=1S/C49H38N4/c1-31-24-38(25-32(2)50-31)35-18-13-19-36(26-35)39-27-40(37-22-23-45-43(30-37)42-20-11-12-21-44(42)49(45,3)4)29-41(28-39)48-52-46(33-14-7-5-8-15-33)51-47(53-48)34-16-9-6-10-17-34/h5-30H,1-4H3. The summed E-state index contributed by atoms with van der Waals surface area (Å²) < 4.78 is 0. The highest BCUT2D eigenvalue weighted by Gasteiger charge is 2.35. The van der Waals surface area contributed by atoms with Crippen molar-refractivity contribution in [3.63, 3.8) is 0 Å². The Hall–Kier alpha value is -6.52. The minimum absolute atomic E-state index is 0.0614. The molecule has 0 saturated heterocycles. The number of aromatic nitrogens is 4. The summed E-state index contributed by atoms with van der Waals surface area (Å²) in [5, 5.41) is 0. The molecule has 1 aliphatic carbocycles. The van der Waals surface area contributed by atoms with Crippen molar-refractivity contribution in [2.45, 2.75) is 33.1 Å². The van der Waals surface area contributed by atoms with Gasteiger partial charge in [0, 0.05) is 33.5 Å². The van der Waals surface area contributed by atoms with Crippen LogP contribution in [-0.4, -0.2) is 19.9 Å². The van der Waals surface area contributed by atoms with E-state index >= 15 is 0 Å². The van der Waals surface area contributed by atoms with Gasteiger partial charge in [-0.05, 0) is 112 Å². The van der Waals surface area contributed by atoms with Crippen LogP contribution in [-0.2, 0) is 5.41 Å². The Bertz CT molecular complexity index is 2580. The van der Waals surface area contributed by atoms with Crippen LogP contribution in [0.15, 0.2) is 158 Å². The topological polar surface area (TPSA) is 51.6 Å². The van der Waals surface area contributed by atoms with E-state index < -0.39 is 0 Å². The van der Waals surface area contributed by atoms with E-state index in [1.54, 1.807) is 0 Å². The summed E-state index contributed by atoms with van der Waals surface area (Å²) in [4.78, 5) is 19.8. The lowest BCUT2D eigenvalue weighted by atomic mass is 9.82. The van der Waals surface area contributed by atoms with Crippen LogP contribution in [0, 0.1) is 13.8 Å². The molecule has 0 bridgehead atoms. The van der Waals surface area contributed by atoms with E-state index in [9.17, 15) is 0 Å². The van der Waals surface area contributed by atoms with Crippen LogP contribution in [0.1, 0.15) is 36.4 Å². The molecule has 9 rings (SSSR count). The van der Waals surface area contributed by atoms with E-state index in [1.165, 1.54) is 22.3 Å². The highest BCUT2D eigenvalue weighted by molar-refractivity contribution is 5.87. The smallest absolute Gasteiger partial charge is 0.164 e. The Morgan fingerprint density at radius 3 is 1.36 bits per heavy atom. The highest BCUT2D eigenvalue weighted by Crippen LogP contribution is 2.49. The van der Waals surface area contributed by atoms with Crippen molar-refractivity contribution in [1.29, 1.82) is 0 Å². The number of hydrogen-bond acceptors (Lipinski definition) is 4. The molecule has 6 aromatic carbocycles. The summed E-state index contributed by atoms with van der Waals surface area (Å²) in [6, 6.07) is 55.9. The summed E-state index contributed by atoms with van der Waals surface area (Å²) in [5.74, 6) is 1.91. The molecule has 0 amide bonds. The first kappa shape index (κ1) is 32.4. The number of hydrogen-bond donors (Lipinski definition) is 0. The molecule has 8 aromatic rings. The zero-order valence-corrected chi connectivity index (χ0v) is 30.3. The molecule has 0 radical (unpaired) electrons. The van der Waals surface area contributed by atoms with Gasteiger partial charge in [-0.25, -0.2) is 15.0 Å². The third kappa shape index (κ3) is 6.02. The minimum Gasteiger partial charge on any atom is -0.258 e. The van der Waals surface area contributed by atoms with Gasteiger partial charge in [0.05, 0.1) is 0 Å². The average Bonchev–Trinajstić information content (AvgIpc) is 3.43. The molecule has 2 aromatic heterocycles. The number of aryl methyl sites for hydroxylation is 2. The fraction of sp³-hybridized carbons (Fsp3) is 0.102. The third-order valence-corrected chi connectivity index (χ3v) is 10.4. The minimum atomic E-state index is -0.0614. The highest BCUT2D eigenvalue weighted by atomic mass is 15.0. The van der Waals surface area contributed by atoms with E-state index in [1.807, 2.05) is 74.5 Å². The summed E-state index contributed by atoms with van der Waals surface area (Å²) in [6.45, 7) is 8.75. The summed E-state index contributed by atoms with van der Waals surface area (Å²) >= 11 is 0. The predicted molar refractivity (Wildman–Crippen MR) is 217 cm³/mol. The number of nitrogens with zero attached hydrogens (tertiary/aromatic N) is 4. The van der Waals surface area contributed by atoms with E-state index in [-0.39, 0.29) is 5.41 Å². The SMILES string of the molecule is Cc1cc(-c2cccc(-c3cc(-c4ccc5c(c4)-c4ccccc4C5(C)C)cc(-c4nc(-c5ccccc5)nc(-c5ccccc5)n4)c3)c2)cc(C)n1. The Balaban J connectivity index is 1.26. The van der Waals surface area contributed by atoms with Gasteiger partial charge in [-0.3, -0.25) is 4.98 Å². The zero-order valence-electron chi connectivity index (χ0n) is 30.3. The second-order valence-electron chi connectivity index (χ2n) is 14.5. The Kier molecular flexibility index (Phi) is 7.89. The zero-order chi connectivity index (χ0) is 36.1. The van der Waals surface area contributed by atoms with Crippen molar-refractivity contribution < 1.29 is 0 Å². The summed E-state index contributed by atoms with van der Waals surface area (Å²) in [5.41, 5.74) is 16.9. The monoisotopic (exact) mass is 682 g/mol. The molecule has 0 spiro atoms. The first-order valence-corrected chi connectivity index (χ1v) is 18.1. The second-order valence-corrected chi connectivity index (χ2v) is 14.5. The quantitative estimate of drug-likeness (QED) is 0.175. The van der Waals surface area contributed by atoms with Crippen LogP contribution < -0.4 is 0 Å². The van der Waals surface area contributed by atoms with Crippen molar-refractivity contribution >= 4 is 0 Å². The second kappa shape index (κ2) is 12.9. The van der Waals surface area contributed by atoms with Crippen LogP contribution in [0.25, 0.3) is 78.7 Å². The van der Waals surface area contributed by atoms with Crippen molar-refractivity contribution in [3.8, 4) is 78.7 Å². The van der Waals surface area contributed by atoms with Gasteiger partial charge in [0.2, 0.25) is 0 Å². The lowest BCUT2D eigenvalue weighted by Gasteiger charge is -2.21. The normalized spacial score (nSPS) is 12.7. The van der Waals surface area contributed by atoms with Crippen LogP contribution in [0.5, 0.6) is 0 Å².